The molecule has 0 saturated carbocycles. The summed E-state index contributed by atoms with van der Waals surface area (Å²) in [6, 6.07) is 3.35. The number of nitrogens with zero attached hydrogens (tertiary/aromatic N) is 3. The van der Waals surface area contributed by atoms with E-state index in [1.165, 1.54) is 18.5 Å². The van der Waals surface area contributed by atoms with Crippen molar-refractivity contribution in [3.63, 3.8) is 0 Å². The van der Waals surface area contributed by atoms with Crippen LogP contribution in [0.25, 0.3) is 0 Å². The van der Waals surface area contributed by atoms with E-state index in [0.717, 1.165) is 6.07 Å². The van der Waals surface area contributed by atoms with Gasteiger partial charge in [0.15, 0.2) is 0 Å². The van der Waals surface area contributed by atoms with E-state index in [4.69, 9.17) is 5.73 Å². The van der Waals surface area contributed by atoms with E-state index >= 15 is 0 Å². The summed E-state index contributed by atoms with van der Waals surface area (Å²) in [5.74, 6) is -0.819. The number of nitrogen functional groups attached to an aromatic ring is 1. The largest absolute Gasteiger partial charge is 0.368 e. The summed E-state index contributed by atoms with van der Waals surface area (Å²) in [6.45, 7) is 0. The van der Waals surface area contributed by atoms with E-state index in [1.54, 1.807) is 0 Å². The van der Waals surface area contributed by atoms with Gasteiger partial charge in [0.2, 0.25) is 5.95 Å². The van der Waals surface area contributed by atoms with Crippen LogP contribution in [0.15, 0.2) is 24.5 Å². The molecule has 16 heavy (non-hydrogen) atoms. The minimum absolute atomic E-state index is 0.0764. The van der Waals surface area contributed by atoms with Crippen LogP contribution in [0.1, 0.15) is 11.4 Å². The molecule has 6 heteroatoms. The van der Waals surface area contributed by atoms with Crippen molar-refractivity contribution in [3.05, 3.63) is 47.5 Å². The van der Waals surface area contributed by atoms with E-state index in [9.17, 15) is 8.78 Å². The summed E-state index contributed by atoms with van der Waals surface area (Å²) in [7, 11) is 0. The summed E-state index contributed by atoms with van der Waals surface area (Å²) < 4.78 is 25.9. The molecule has 0 spiro atoms. The van der Waals surface area contributed by atoms with Gasteiger partial charge in [0.1, 0.15) is 23.8 Å². The zero-order chi connectivity index (χ0) is 11.5. The van der Waals surface area contributed by atoms with E-state index in [0.29, 0.717) is 11.4 Å². The van der Waals surface area contributed by atoms with Crippen LogP contribution in [0.4, 0.5) is 14.7 Å². The lowest BCUT2D eigenvalue weighted by atomic mass is 10.1. The second-order valence-electron chi connectivity index (χ2n) is 3.17. The molecule has 2 rings (SSSR count). The predicted octanol–water partition coefficient (Wildman–Crippen LogP) is 1.32. The van der Waals surface area contributed by atoms with E-state index in [2.05, 4.69) is 15.0 Å². The molecule has 0 aliphatic carbocycles. The number of halogens is 2. The maximum absolute atomic E-state index is 13.3. The molecule has 2 aromatic rings. The summed E-state index contributed by atoms with van der Waals surface area (Å²) in [6.07, 6.45) is 1.40. The molecule has 0 bridgehead atoms. The molecule has 1 heterocycles. The molecule has 0 aliphatic heterocycles. The highest BCUT2D eigenvalue weighted by atomic mass is 19.1. The Morgan fingerprint density at radius 3 is 2.69 bits per heavy atom. The fraction of sp³-hybridized carbons (Fsp3) is 0.100. The maximum Gasteiger partial charge on any atom is 0.223 e. The fourth-order valence-corrected chi connectivity index (χ4v) is 1.27. The molecule has 0 unspecified atom stereocenters. The Labute approximate surface area is 90.2 Å². The zero-order valence-electron chi connectivity index (χ0n) is 8.19. The molecule has 0 atom stereocenters. The van der Waals surface area contributed by atoms with Gasteiger partial charge in [-0.05, 0) is 11.6 Å². The van der Waals surface area contributed by atoms with Gasteiger partial charge in [-0.3, -0.25) is 0 Å². The van der Waals surface area contributed by atoms with Gasteiger partial charge in [-0.25, -0.2) is 18.7 Å². The number of benzene rings is 1. The summed E-state index contributed by atoms with van der Waals surface area (Å²) in [5.41, 5.74) is 5.67. The van der Waals surface area contributed by atoms with Crippen LogP contribution in [0.2, 0.25) is 0 Å². The minimum atomic E-state index is -0.626. The SMILES string of the molecule is Nc1ncnc(Cc2ccc(F)cc2F)n1. The number of aromatic nitrogens is 3. The molecule has 2 N–H and O–H groups in total. The highest BCUT2D eigenvalue weighted by Gasteiger charge is 2.06. The standard InChI is InChI=1S/C10H8F2N4/c11-7-2-1-6(8(12)4-7)3-9-14-5-15-10(13)16-9/h1-2,4-5H,3H2,(H2,13,14,15,16). The van der Waals surface area contributed by atoms with Crippen LogP contribution in [-0.4, -0.2) is 15.0 Å². The third-order valence-electron chi connectivity index (χ3n) is 2.00. The Bertz CT molecular complexity index is 516. The van der Waals surface area contributed by atoms with Crippen molar-refractivity contribution in [1.29, 1.82) is 0 Å². The highest BCUT2D eigenvalue weighted by Crippen LogP contribution is 2.12. The Kier molecular flexibility index (Phi) is 2.72. The van der Waals surface area contributed by atoms with Gasteiger partial charge in [0.05, 0.1) is 0 Å². The van der Waals surface area contributed by atoms with Gasteiger partial charge in [-0.2, -0.15) is 4.98 Å². The molecule has 4 nitrogen and oxygen atoms in total. The molecule has 1 aromatic carbocycles. The quantitative estimate of drug-likeness (QED) is 0.832. The molecule has 0 radical (unpaired) electrons. The third-order valence-corrected chi connectivity index (χ3v) is 2.00. The van der Waals surface area contributed by atoms with E-state index < -0.39 is 11.6 Å². The van der Waals surface area contributed by atoms with Crippen molar-refractivity contribution in [3.8, 4) is 0 Å². The van der Waals surface area contributed by atoms with Gasteiger partial charge >= 0.3 is 0 Å². The third kappa shape index (κ3) is 2.28. The van der Waals surface area contributed by atoms with Crippen LogP contribution in [0, 0.1) is 11.6 Å². The molecule has 1 aromatic heterocycles. The Balaban J connectivity index is 2.27. The lowest BCUT2D eigenvalue weighted by Gasteiger charge is -2.02. The van der Waals surface area contributed by atoms with Crippen molar-refractivity contribution in [2.24, 2.45) is 0 Å². The smallest absolute Gasteiger partial charge is 0.223 e. The average Bonchev–Trinajstić information content (AvgIpc) is 2.22. The summed E-state index contributed by atoms with van der Waals surface area (Å²) in [5, 5.41) is 0. The van der Waals surface area contributed by atoms with Crippen LogP contribution in [0.5, 0.6) is 0 Å². The summed E-state index contributed by atoms with van der Waals surface area (Å²) in [4.78, 5) is 11.3. The number of rotatable bonds is 2. The average molecular weight is 222 g/mol. The van der Waals surface area contributed by atoms with E-state index in [-0.39, 0.29) is 12.4 Å². The topological polar surface area (TPSA) is 64.7 Å². The molecule has 0 saturated heterocycles. The number of anilines is 1. The number of nitrogens with two attached hydrogens (primary N) is 1. The van der Waals surface area contributed by atoms with Gasteiger partial charge in [0, 0.05) is 12.5 Å². The van der Waals surface area contributed by atoms with Crippen molar-refractivity contribution >= 4 is 5.95 Å². The molecule has 0 aliphatic rings. The first kappa shape index (κ1) is 10.4. The van der Waals surface area contributed by atoms with Crippen LogP contribution in [-0.2, 0) is 6.42 Å². The van der Waals surface area contributed by atoms with Gasteiger partial charge < -0.3 is 5.73 Å². The minimum Gasteiger partial charge on any atom is -0.368 e. The fourth-order valence-electron chi connectivity index (χ4n) is 1.27. The first-order valence-electron chi connectivity index (χ1n) is 4.52. The Hall–Kier alpha value is -2.11. The highest BCUT2D eigenvalue weighted by molar-refractivity contribution is 5.23. The Morgan fingerprint density at radius 1 is 1.19 bits per heavy atom. The first-order valence-corrected chi connectivity index (χ1v) is 4.52. The molecule has 82 valence electrons. The summed E-state index contributed by atoms with van der Waals surface area (Å²) >= 11 is 0. The maximum atomic E-state index is 13.3. The molecular weight excluding hydrogens is 214 g/mol. The number of hydrogen-bond acceptors (Lipinski definition) is 4. The van der Waals surface area contributed by atoms with E-state index in [1.807, 2.05) is 0 Å². The van der Waals surface area contributed by atoms with Gasteiger partial charge in [0.25, 0.3) is 0 Å². The normalized spacial score (nSPS) is 10.4. The second-order valence-corrected chi connectivity index (χ2v) is 3.17. The predicted molar refractivity (Wildman–Crippen MR) is 53.4 cm³/mol. The first-order chi connectivity index (χ1) is 7.65. The Morgan fingerprint density at radius 2 is 2.00 bits per heavy atom. The lowest BCUT2D eigenvalue weighted by molar-refractivity contribution is 0.573. The number of hydrogen-bond donors (Lipinski definition) is 1. The van der Waals surface area contributed by atoms with Crippen LogP contribution in [0.3, 0.4) is 0 Å². The van der Waals surface area contributed by atoms with Crippen molar-refractivity contribution in [2.75, 3.05) is 5.73 Å². The van der Waals surface area contributed by atoms with Crippen molar-refractivity contribution in [1.82, 2.24) is 15.0 Å². The van der Waals surface area contributed by atoms with Gasteiger partial charge in [-0.1, -0.05) is 6.07 Å². The second kappa shape index (κ2) is 4.18. The molecule has 0 fully saturated rings. The van der Waals surface area contributed by atoms with Crippen molar-refractivity contribution < 1.29 is 8.78 Å². The molecular formula is C10H8F2N4. The van der Waals surface area contributed by atoms with Crippen LogP contribution < -0.4 is 5.73 Å². The molecule has 0 amide bonds. The zero-order valence-corrected chi connectivity index (χ0v) is 8.19. The van der Waals surface area contributed by atoms with Crippen LogP contribution >= 0.6 is 0 Å². The van der Waals surface area contributed by atoms with Gasteiger partial charge in [-0.15, -0.1) is 0 Å². The lowest BCUT2D eigenvalue weighted by Crippen LogP contribution is -2.03. The monoisotopic (exact) mass is 222 g/mol. The van der Waals surface area contributed by atoms with Crippen molar-refractivity contribution in [2.45, 2.75) is 6.42 Å².